The molecule has 2 aromatic carbocycles. The number of aromatic hydroxyl groups is 1. The van der Waals surface area contributed by atoms with E-state index in [9.17, 15) is 24.3 Å². The third-order valence-corrected chi connectivity index (χ3v) is 9.27. The van der Waals surface area contributed by atoms with Crippen molar-refractivity contribution in [1.82, 2.24) is 0 Å². The number of phenols is 1. The molecule has 7 nitrogen and oxygen atoms in total. The number of ketones is 2. The molecular formula is C31H23Br2NO6. The van der Waals surface area contributed by atoms with E-state index >= 15 is 0 Å². The summed E-state index contributed by atoms with van der Waals surface area (Å²) in [6.07, 6.45) is 7.52. The van der Waals surface area contributed by atoms with Gasteiger partial charge in [0, 0.05) is 27.6 Å². The number of ether oxygens (including phenoxy) is 1. The first kappa shape index (κ1) is 26.7. The minimum atomic E-state index is -0.637. The van der Waals surface area contributed by atoms with Crippen LogP contribution in [-0.4, -0.2) is 35.6 Å². The van der Waals surface area contributed by atoms with Crippen molar-refractivity contribution < 1.29 is 29.0 Å². The molecule has 1 fully saturated rings. The lowest BCUT2D eigenvalue weighted by Gasteiger charge is -2.41. The number of anilines is 1. The first-order chi connectivity index (χ1) is 19.2. The summed E-state index contributed by atoms with van der Waals surface area (Å²) in [5.41, 5.74) is 2.89. The van der Waals surface area contributed by atoms with E-state index in [-0.39, 0.29) is 40.0 Å². The van der Waals surface area contributed by atoms with E-state index in [1.54, 1.807) is 36.4 Å². The number of fused-ring (bicyclic) bond motifs is 3. The van der Waals surface area contributed by atoms with Crippen molar-refractivity contribution in [3.63, 3.8) is 0 Å². The van der Waals surface area contributed by atoms with Gasteiger partial charge in [-0.05, 0) is 76.7 Å². The number of phenolic OH excluding ortho intramolecular Hbond substituents is 1. The fourth-order valence-corrected chi connectivity index (χ4v) is 7.05. The smallest absolute Gasteiger partial charge is 0.238 e. The van der Waals surface area contributed by atoms with Crippen molar-refractivity contribution in [2.75, 3.05) is 12.0 Å². The van der Waals surface area contributed by atoms with Crippen LogP contribution in [0, 0.1) is 23.7 Å². The second kappa shape index (κ2) is 10.1. The molecular weight excluding hydrogens is 642 g/mol. The molecule has 4 atom stereocenters. The van der Waals surface area contributed by atoms with Gasteiger partial charge >= 0.3 is 0 Å². The lowest BCUT2D eigenvalue weighted by atomic mass is 9.61. The zero-order chi connectivity index (χ0) is 28.3. The number of rotatable bonds is 4. The molecule has 0 bridgehead atoms. The van der Waals surface area contributed by atoms with E-state index in [2.05, 4.69) is 31.9 Å². The molecule has 4 aliphatic rings. The third kappa shape index (κ3) is 4.23. The van der Waals surface area contributed by atoms with Gasteiger partial charge in [0.1, 0.15) is 0 Å². The maximum atomic E-state index is 13.9. The number of halogens is 2. The van der Waals surface area contributed by atoms with Gasteiger partial charge in [-0.3, -0.25) is 24.1 Å². The van der Waals surface area contributed by atoms with Crippen molar-refractivity contribution in [2.45, 2.75) is 12.8 Å². The quantitative estimate of drug-likeness (QED) is 0.257. The van der Waals surface area contributed by atoms with Crippen molar-refractivity contribution in [2.24, 2.45) is 23.7 Å². The number of allylic oxidation sites excluding steroid dienone is 7. The first-order valence-electron chi connectivity index (χ1n) is 12.8. The van der Waals surface area contributed by atoms with E-state index in [4.69, 9.17) is 4.74 Å². The van der Waals surface area contributed by atoms with Gasteiger partial charge < -0.3 is 9.84 Å². The molecule has 6 rings (SSSR count). The van der Waals surface area contributed by atoms with Gasteiger partial charge in [-0.2, -0.15) is 0 Å². The summed E-state index contributed by atoms with van der Waals surface area (Å²) in [7, 11) is 1.46. The molecule has 0 aromatic heterocycles. The van der Waals surface area contributed by atoms with Gasteiger partial charge in [0.2, 0.25) is 11.8 Å². The van der Waals surface area contributed by atoms with Crippen LogP contribution < -0.4 is 9.64 Å². The highest BCUT2D eigenvalue weighted by molar-refractivity contribution is 9.12. The minimum absolute atomic E-state index is 0.00573. The summed E-state index contributed by atoms with van der Waals surface area (Å²) in [5, 5.41) is 9.98. The lowest BCUT2D eigenvalue weighted by Crippen LogP contribution is -2.40. The zero-order valence-electron chi connectivity index (χ0n) is 21.3. The number of methoxy groups -OCH3 is 1. The van der Waals surface area contributed by atoms with Gasteiger partial charge in [-0.25, -0.2) is 0 Å². The van der Waals surface area contributed by atoms with Crippen LogP contribution in [0.4, 0.5) is 5.69 Å². The topological polar surface area (TPSA) is 101 Å². The molecule has 2 amide bonds. The Hall–Kier alpha value is -3.56. The predicted molar refractivity (Wildman–Crippen MR) is 156 cm³/mol. The molecule has 202 valence electrons. The summed E-state index contributed by atoms with van der Waals surface area (Å²) < 4.78 is 6.25. The fraction of sp³-hybridized carbons (Fsp3) is 0.226. The summed E-state index contributed by atoms with van der Waals surface area (Å²) >= 11 is 6.63. The van der Waals surface area contributed by atoms with Crippen LogP contribution in [0.5, 0.6) is 11.5 Å². The number of carbonyl (C=O) groups is 4. The molecule has 0 radical (unpaired) electrons. The average molecular weight is 665 g/mol. The monoisotopic (exact) mass is 663 g/mol. The average Bonchev–Trinajstić information content (AvgIpc) is 3.20. The van der Waals surface area contributed by atoms with Crippen LogP contribution in [0.15, 0.2) is 86.4 Å². The number of nitrogens with zero attached hydrogens (tertiary/aromatic N) is 1. The number of amides is 2. The standard InChI is InChI=1S/C31H23Br2NO6/c1-40-26-12-15(3-11-24(26)35)2-8-19-18-9-10-20-28(21(18)13-22-27(19)25(36)14-23(33)29(22)37)31(39)34(30(20)38)17-6-4-16(32)5-7-17/h2-9,11-12,14,19-21,28,35H,10,13H2,1H3. The molecule has 0 spiro atoms. The molecule has 1 aliphatic heterocycles. The molecule has 3 aliphatic carbocycles. The van der Waals surface area contributed by atoms with E-state index in [0.717, 1.165) is 15.6 Å². The number of hydrogen-bond donors (Lipinski definition) is 1. The number of carbonyl (C=O) groups excluding carboxylic acids is 4. The first-order valence-corrected chi connectivity index (χ1v) is 14.4. The zero-order valence-corrected chi connectivity index (χ0v) is 24.4. The Morgan fingerprint density at radius 2 is 1.75 bits per heavy atom. The van der Waals surface area contributed by atoms with Crippen molar-refractivity contribution in [3.8, 4) is 11.5 Å². The van der Waals surface area contributed by atoms with Gasteiger partial charge in [-0.1, -0.05) is 45.8 Å². The van der Waals surface area contributed by atoms with Crippen molar-refractivity contribution in [1.29, 1.82) is 0 Å². The van der Waals surface area contributed by atoms with Crippen LogP contribution in [0.25, 0.3) is 6.08 Å². The summed E-state index contributed by atoms with van der Waals surface area (Å²) in [6, 6.07) is 11.9. The largest absolute Gasteiger partial charge is 0.504 e. The van der Waals surface area contributed by atoms with Crippen LogP contribution in [0.3, 0.4) is 0 Å². The van der Waals surface area contributed by atoms with E-state index in [1.165, 1.54) is 24.2 Å². The third-order valence-electron chi connectivity index (χ3n) is 8.15. The number of benzene rings is 2. The maximum Gasteiger partial charge on any atom is 0.238 e. The number of hydrogen-bond acceptors (Lipinski definition) is 6. The second-order valence-corrected chi connectivity index (χ2v) is 12.0. The van der Waals surface area contributed by atoms with Crippen LogP contribution >= 0.6 is 31.9 Å². The van der Waals surface area contributed by atoms with Gasteiger partial charge in [0.25, 0.3) is 0 Å². The highest BCUT2D eigenvalue weighted by Gasteiger charge is 2.56. The Balaban J connectivity index is 1.42. The van der Waals surface area contributed by atoms with Crippen LogP contribution in [0.2, 0.25) is 0 Å². The molecule has 0 saturated carbocycles. The highest BCUT2D eigenvalue weighted by Crippen LogP contribution is 2.53. The number of imide groups is 1. The molecule has 4 unspecified atom stereocenters. The second-order valence-electron chi connectivity index (χ2n) is 10.2. The summed E-state index contributed by atoms with van der Waals surface area (Å²) in [4.78, 5) is 55.2. The van der Waals surface area contributed by atoms with E-state index in [0.29, 0.717) is 29.0 Å². The normalized spacial score (nSPS) is 26.0. The molecule has 1 N–H and O–H groups in total. The van der Waals surface area contributed by atoms with E-state index in [1.807, 2.05) is 18.2 Å². The Bertz CT molecular complexity index is 1620. The fourth-order valence-electron chi connectivity index (χ4n) is 6.33. The minimum Gasteiger partial charge on any atom is -0.504 e. The van der Waals surface area contributed by atoms with Crippen LogP contribution in [-0.2, 0) is 19.2 Å². The van der Waals surface area contributed by atoms with Gasteiger partial charge in [0.05, 0.1) is 29.1 Å². The molecule has 2 aromatic rings. The Labute approximate surface area is 247 Å². The maximum absolute atomic E-state index is 13.9. The van der Waals surface area contributed by atoms with Crippen molar-refractivity contribution in [3.05, 3.63) is 91.9 Å². The van der Waals surface area contributed by atoms with Gasteiger partial charge in [-0.15, -0.1) is 0 Å². The Kier molecular flexibility index (Phi) is 6.74. The Morgan fingerprint density at radius 1 is 1.00 bits per heavy atom. The molecule has 9 heteroatoms. The molecule has 1 heterocycles. The lowest BCUT2D eigenvalue weighted by molar-refractivity contribution is -0.123. The summed E-state index contributed by atoms with van der Waals surface area (Å²) in [6.45, 7) is 0. The van der Waals surface area contributed by atoms with Crippen molar-refractivity contribution >= 4 is 67.0 Å². The van der Waals surface area contributed by atoms with E-state index < -0.39 is 23.7 Å². The predicted octanol–water partition coefficient (Wildman–Crippen LogP) is 5.68. The number of Topliss-reactive ketones (excluding diaryl/α,β-unsaturated/α-hetero) is 1. The molecule has 40 heavy (non-hydrogen) atoms. The Morgan fingerprint density at radius 3 is 2.48 bits per heavy atom. The SMILES string of the molecule is COc1cc(C=CC2C3=CCC4C(=O)N(c5ccc(Br)cc5)C(=O)C4C3CC3=C2C(=O)C=C(Br)C3=O)ccc1O. The highest BCUT2D eigenvalue weighted by atomic mass is 79.9. The molecule has 1 saturated heterocycles. The van der Waals surface area contributed by atoms with Gasteiger partial charge in [0.15, 0.2) is 23.1 Å². The van der Waals surface area contributed by atoms with Crippen LogP contribution in [0.1, 0.15) is 18.4 Å². The summed E-state index contributed by atoms with van der Waals surface area (Å²) in [5.74, 6) is -2.88.